The van der Waals surface area contributed by atoms with Gasteiger partial charge in [-0.2, -0.15) is 5.10 Å². The maximum Gasteiger partial charge on any atom is 0.319 e. The molecule has 0 aliphatic heterocycles. The zero-order chi connectivity index (χ0) is 18.1. The van der Waals surface area contributed by atoms with Crippen molar-refractivity contribution in [2.24, 2.45) is 7.05 Å². The molecule has 0 radical (unpaired) electrons. The van der Waals surface area contributed by atoms with Crippen LogP contribution in [-0.2, 0) is 13.5 Å². The van der Waals surface area contributed by atoms with Gasteiger partial charge in [-0.25, -0.2) is 4.79 Å². The van der Waals surface area contributed by atoms with Gasteiger partial charge in [0.05, 0.1) is 27.9 Å². The monoisotopic (exact) mass is 343 g/mol. The predicted molar refractivity (Wildman–Crippen MR) is 93.6 cm³/mol. The molecule has 0 saturated carbocycles. The van der Waals surface area contributed by atoms with Gasteiger partial charge in [-0.15, -0.1) is 0 Å². The quantitative estimate of drug-likeness (QED) is 0.660. The first-order chi connectivity index (χ1) is 11.9. The fraction of sp³-hybridized carbons (Fsp3) is 0.412. The highest BCUT2D eigenvalue weighted by Gasteiger charge is 2.25. The number of aromatic nitrogens is 2. The number of benzene rings is 1. The van der Waals surface area contributed by atoms with Crippen molar-refractivity contribution in [3.05, 3.63) is 50.8 Å². The van der Waals surface area contributed by atoms with Crippen LogP contribution < -0.4 is 10.6 Å². The molecule has 0 saturated heterocycles. The molecule has 0 bridgehead atoms. The van der Waals surface area contributed by atoms with Crippen LogP contribution in [0.3, 0.4) is 0 Å². The minimum absolute atomic E-state index is 0.00638. The van der Waals surface area contributed by atoms with E-state index < -0.39 is 4.92 Å². The Morgan fingerprint density at radius 2 is 2.16 bits per heavy atom. The van der Waals surface area contributed by atoms with Crippen molar-refractivity contribution in [1.82, 2.24) is 15.1 Å². The van der Waals surface area contributed by atoms with Crippen LogP contribution in [0.25, 0.3) is 0 Å². The Morgan fingerprint density at radius 1 is 1.40 bits per heavy atom. The van der Waals surface area contributed by atoms with Crippen LogP contribution in [-0.4, -0.2) is 20.7 Å². The van der Waals surface area contributed by atoms with Crippen LogP contribution in [0, 0.1) is 24.0 Å². The molecule has 2 aromatic rings. The first-order valence-electron chi connectivity index (χ1n) is 8.21. The third kappa shape index (κ3) is 3.33. The number of fused-ring (bicyclic) bond motifs is 1. The molecule has 0 fully saturated rings. The second kappa shape index (κ2) is 6.54. The summed E-state index contributed by atoms with van der Waals surface area (Å²) < 4.78 is 1.76. The van der Waals surface area contributed by atoms with Crippen molar-refractivity contribution < 1.29 is 9.72 Å². The Balaban J connectivity index is 1.78. The molecule has 0 spiro atoms. The van der Waals surface area contributed by atoms with Gasteiger partial charge in [-0.3, -0.25) is 14.8 Å². The van der Waals surface area contributed by atoms with Gasteiger partial charge in [0.2, 0.25) is 0 Å². The van der Waals surface area contributed by atoms with Gasteiger partial charge in [-0.1, -0.05) is 6.07 Å². The van der Waals surface area contributed by atoms with Crippen LogP contribution >= 0.6 is 0 Å². The highest BCUT2D eigenvalue weighted by Crippen LogP contribution is 2.30. The molecular weight excluding hydrogens is 322 g/mol. The number of carbonyl (C=O) groups excluding carboxylic acids is 1. The third-order valence-electron chi connectivity index (χ3n) is 4.60. The Labute approximate surface area is 145 Å². The second-order valence-corrected chi connectivity index (χ2v) is 6.41. The van der Waals surface area contributed by atoms with Gasteiger partial charge >= 0.3 is 6.03 Å². The van der Waals surface area contributed by atoms with E-state index >= 15 is 0 Å². The summed E-state index contributed by atoms with van der Waals surface area (Å²) in [6.07, 6.45) is 4.66. The lowest BCUT2D eigenvalue weighted by Crippen LogP contribution is -2.34. The van der Waals surface area contributed by atoms with Crippen LogP contribution in [0.1, 0.15) is 41.3 Å². The largest absolute Gasteiger partial charge is 0.331 e. The molecular formula is C17H21N5O3. The standard InChI is InChI=1S/C17H21N5O3/c1-10-7-8-15(22(24)25)11(2)16(10)19-17(23)18-13-5-4-6-14-12(13)9-21(3)20-14/h7-9,13H,4-6H2,1-3H3,(H2,18,19,23). The zero-order valence-corrected chi connectivity index (χ0v) is 14.5. The lowest BCUT2D eigenvalue weighted by molar-refractivity contribution is -0.385. The van der Waals surface area contributed by atoms with Crippen molar-refractivity contribution in [2.75, 3.05) is 5.32 Å². The summed E-state index contributed by atoms with van der Waals surface area (Å²) in [6.45, 7) is 3.45. The highest BCUT2D eigenvalue weighted by atomic mass is 16.6. The van der Waals surface area contributed by atoms with Crippen molar-refractivity contribution in [2.45, 2.75) is 39.2 Å². The van der Waals surface area contributed by atoms with Gasteiger partial charge in [0.1, 0.15) is 0 Å². The number of nitrogens with one attached hydrogen (secondary N) is 2. The third-order valence-corrected chi connectivity index (χ3v) is 4.60. The SMILES string of the molecule is Cc1ccc([N+](=O)[O-])c(C)c1NC(=O)NC1CCCc2nn(C)cc21. The van der Waals surface area contributed by atoms with Crippen molar-refractivity contribution in [3.8, 4) is 0 Å². The lowest BCUT2D eigenvalue weighted by Gasteiger charge is -2.23. The van der Waals surface area contributed by atoms with Gasteiger partial charge in [0.15, 0.2) is 0 Å². The summed E-state index contributed by atoms with van der Waals surface area (Å²) >= 11 is 0. The molecule has 1 aliphatic rings. The van der Waals surface area contributed by atoms with E-state index in [1.807, 2.05) is 20.2 Å². The smallest absolute Gasteiger partial charge is 0.319 e. The molecule has 132 valence electrons. The number of urea groups is 1. The summed E-state index contributed by atoms with van der Waals surface area (Å²) in [4.78, 5) is 23.1. The van der Waals surface area contributed by atoms with E-state index in [1.54, 1.807) is 17.7 Å². The first-order valence-corrected chi connectivity index (χ1v) is 8.21. The van der Waals surface area contributed by atoms with E-state index in [2.05, 4.69) is 15.7 Å². The van der Waals surface area contributed by atoms with E-state index in [-0.39, 0.29) is 17.8 Å². The minimum atomic E-state index is -0.444. The van der Waals surface area contributed by atoms with Gasteiger partial charge in [0, 0.05) is 24.9 Å². The van der Waals surface area contributed by atoms with Crippen LogP contribution in [0.15, 0.2) is 18.3 Å². The van der Waals surface area contributed by atoms with Gasteiger partial charge < -0.3 is 10.6 Å². The van der Waals surface area contributed by atoms with E-state index in [0.29, 0.717) is 11.3 Å². The van der Waals surface area contributed by atoms with Crippen molar-refractivity contribution in [1.29, 1.82) is 0 Å². The van der Waals surface area contributed by atoms with Crippen LogP contribution in [0.2, 0.25) is 0 Å². The number of hydrogen-bond donors (Lipinski definition) is 2. The van der Waals surface area contributed by atoms with Crippen molar-refractivity contribution >= 4 is 17.4 Å². The summed E-state index contributed by atoms with van der Waals surface area (Å²) in [5, 5.41) is 21.3. The summed E-state index contributed by atoms with van der Waals surface area (Å²) in [7, 11) is 1.87. The number of aryl methyl sites for hydroxylation is 3. The number of nitro benzene ring substituents is 1. The number of nitrogens with zero attached hydrogens (tertiary/aromatic N) is 3. The first kappa shape index (κ1) is 16.9. The molecule has 1 aliphatic carbocycles. The number of amides is 2. The molecule has 8 heteroatoms. The maximum atomic E-state index is 12.5. The molecule has 3 rings (SSSR count). The fourth-order valence-corrected chi connectivity index (χ4v) is 3.35. The van der Waals surface area contributed by atoms with E-state index in [1.165, 1.54) is 6.07 Å². The Hall–Kier alpha value is -2.90. The topological polar surface area (TPSA) is 102 Å². The number of carbonyl (C=O) groups is 1. The van der Waals surface area contributed by atoms with E-state index in [4.69, 9.17) is 0 Å². The summed E-state index contributed by atoms with van der Waals surface area (Å²) in [5.74, 6) is 0. The minimum Gasteiger partial charge on any atom is -0.331 e. The molecule has 1 unspecified atom stereocenters. The molecule has 1 aromatic carbocycles. The van der Waals surface area contributed by atoms with Gasteiger partial charge in [-0.05, 0) is 38.7 Å². The average molecular weight is 343 g/mol. The van der Waals surface area contributed by atoms with E-state index in [9.17, 15) is 14.9 Å². The zero-order valence-electron chi connectivity index (χ0n) is 14.5. The number of hydrogen-bond acceptors (Lipinski definition) is 4. The molecule has 2 amide bonds. The normalized spacial score (nSPS) is 16.2. The Kier molecular flexibility index (Phi) is 4.43. The van der Waals surface area contributed by atoms with Crippen LogP contribution in [0.4, 0.5) is 16.2 Å². The van der Waals surface area contributed by atoms with Gasteiger partial charge in [0.25, 0.3) is 5.69 Å². The molecule has 2 N–H and O–H groups in total. The molecule has 25 heavy (non-hydrogen) atoms. The number of rotatable bonds is 3. The molecule has 1 atom stereocenters. The molecule has 1 aromatic heterocycles. The molecule has 1 heterocycles. The predicted octanol–water partition coefficient (Wildman–Crippen LogP) is 3.14. The average Bonchev–Trinajstić information content (AvgIpc) is 2.92. The number of anilines is 1. The Morgan fingerprint density at radius 3 is 2.88 bits per heavy atom. The summed E-state index contributed by atoms with van der Waals surface area (Å²) in [5.41, 5.74) is 3.76. The second-order valence-electron chi connectivity index (χ2n) is 6.41. The lowest BCUT2D eigenvalue weighted by atomic mass is 9.93. The summed E-state index contributed by atoms with van der Waals surface area (Å²) in [6, 6.07) is 2.63. The van der Waals surface area contributed by atoms with E-state index in [0.717, 1.165) is 36.1 Å². The van der Waals surface area contributed by atoms with Crippen LogP contribution in [0.5, 0.6) is 0 Å². The molecule has 8 nitrogen and oxygen atoms in total. The van der Waals surface area contributed by atoms with Crippen molar-refractivity contribution in [3.63, 3.8) is 0 Å². The Bertz CT molecular complexity index is 843. The number of nitro groups is 1. The fourth-order valence-electron chi connectivity index (χ4n) is 3.35. The maximum absolute atomic E-state index is 12.5. The highest BCUT2D eigenvalue weighted by molar-refractivity contribution is 5.92.